The van der Waals surface area contributed by atoms with Crippen molar-refractivity contribution in [2.24, 2.45) is 0 Å². The van der Waals surface area contributed by atoms with E-state index in [9.17, 15) is 38.9 Å². The van der Waals surface area contributed by atoms with Crippen LogP contribution in [0.3, 0.4) is 0 Å². The van der Waals surface area contributed by atoms with Crippen LogP contribution in [0, 0.1) is 0 Å². The van der Waals surface area contributed by atoms with E-state index in [0.29, 0.717) is 15.9 Å². The van der Waals surface area contributed by atoms with Gasteiger partial charge in [-0.15, -0.1) is 0 Å². The van der Waals surface area contributed by atoms with E-state index >= 15 is 0 Å². The van der Waals surface area contributed by atoms with Gasteiger partial charge in [-0.1, -0.05) is 36.4 Å². The summed E-state index contributed by atoms with van der Waals surface area (Å²) in [6.45, 7) is 0. The Morgan fingerprint density at radius 3 is 0.812 bits per heavy atom. The summed E-state index contributed by atoms with van der Waals surface area (Å²) in [5.41, 5.74) is 0. The second kappa shape index (κ2) is 10.6. The van der Waals surface area contributed by atoms with Gasteiger partial charge in [0.15, 0.2) is 0 Å². The van der Waals surface area contributed by atoms with Crippen LogP contribution in [0.5, 0.6) is 0 Å². The molecule has 32 heavy (non-hydrogen) atoms. The summed E-state index contributed by atoms with van der Waals surface area (Å²) in [7, 11) is -14.6. The van der Waals surface area contributed by atoms with Gasteiger partial charge in [0.1, 0.15) is 0 Å². The van der Waals surface area contributed by atoms with Crippen molar-refractivity contribution >= 4 is 54.2 Å². The fourth-order valence-electron chi connectivity index (χ4n) is 2.75. The fourth-order valence-corrected chi connectivity index (χ4v) is 6.42. The minimum atomic E-state index is -4.40. The van der Waals surface area contributed by atoms with Crippen LogP contribution in [0.25, 0.3) is 0 Å². The van der Waals surface area contributed by atoms with Gasteiger partial charge in [-0.2, -0.15) is 25.3 Å². The summed E-state index contributed by atoms with van der Waals surface area (Å²) in [6.07, 6.45) is 0. The van der Waals surface area contributed by atoms with Crippen LogP contribution >= 0.6 is 7.92 Å². The molecule has 0 fully saturated rings. The molecule has 9 nitrogen and oxygen atoms in total. The molecular formula is C18H16CsO9PS3. The Hall–Kier alpha value is -0.128. The molecule has 0 spiro atoms. The molecule has 3 aromatic rings. The molecule has 166 valence electrons. The average molecular weight is 636 g/mol. The molecule has 0 radical (unpaired) electrons. The van der Waals surface area contributed by atoms with Gasteiger partial charge in [-0.25, -0.2) is 0 Å². The van der Waals surface area contributed by atoms with Crippen LogP contribution in [-0.2, 0) is 30.4 Å². The average Bonchev–Trinajstić information content (AvgIpc) is 2.67. The van der Waals surface area contributed by atoms with Crippen molar-refractivity contribution in [3.63, 3.8) is 0 Å². The summed E-state index contributed by atoms with van der Waals surface area (Å²) >= 11 is 0. The van der Waals surface area contributed by atoms with Gasteiger partial charge in [0.2, 0.25) is 0 Å². The normalized spacial score (nSPS) is 12.4. The first kappa shape index (κ1) is 28.1. The maximum absolute atomic E-state index is 11.3. The van der Waals surface area contributed by atoms with Gasteiger partial charge in [0.25, 0.3) is 30.4 Å². The molecule has 0 aliphatic carbocycles. The molecule has 0 saturated heterocycles. The maximum atomic E-state index is 11.3. The van der Waals surface area contributed by atoms with Crippen molar-refractivity contribution in [2.75, 3.05) is 0 Å². The molecule has 3 rings (SSSR count). The van der Waals surface area contributed by atoms with Gasteiger partial charge in [0.05, 0.1) is 14.7 Å². The third kappa shape index (κ3) is 6.95. The van der Waals surface area contributed by atoms with Crippen LogP contribution in [0.15, 0.2) is 87.5 Å². The Balaban J connectivity index is 0.00000272. The van der Waals surface area contributed by atoms with Gasteiger partial charge in [-0.3, -0.25) is 13.7 Å². The maximum Gasteiger partial charge on any atom is 1.00 e. The van der Waals surface area contributed by atoms with E-state index in [1.54, 1.807) is 0 Å². The Morgan fingerprint density at radius 2 is 0.656 bits per heavy atom. The van der Waals surface area contributed by atoms with Crippen molar-refractivity contribution < 1.29 is 109 Å². The quantitative estimate of drug-likeness (QED) is 0.212. The summed E-state index contributed by atoms with van der Waals surface area (Å²) in [5, 5.41) is 1.84. The fraction of sp³-hybridized carbons (Fsp3) is 0. The zero-order valence-electron chi connectivity index (χ0n) is 17.4. The molecule has 0 atom stereocenters. The molecule has 14 heteroatoms. The SMILES string of the molecule is O=S(=O)(O)c1ccc(P(c2ccc(S(=O)(=O)O)cc2)c2ccc(S(=O)(=O)O)cc2)cc1.[Cs+].[H-]. The molecule has 0 aliphatic rings. The smallest absolute Gasteiger partial charge is 1.00 e. The minimum absolute atomic E-state index is 0. The molecule has 0 aromatic heterocycles. The zero-order chi connectivity index (χ0) is 23.0. The van der Waals surface area contributed by atoms with Crippen LogP contribution in [0.4, 0.5) is 0 Å². The molecule has 0 aliphatic heterocycles. The monoisotopic (exact) mass is 636 g/mol. The number of hydrogen-bond acceptors (Lipinski definition) is 6. The van der Waals surface area contributed by atoms with Gasteiger partial charge in [-0.05, 0) is 60.2 Å². The second-order valence-electron chi connectivity index (χ2n) is 6.24. The van der Waals surface area contributed by atoms with Crippen molar-refractivity contribution in [3.05, 3.63) is 72.8 Å². The summed E-state index contributed by atoms with van der Waals surface area (Å²) < 4.78 is 95.4. The van der Waals surface area contributed by atoms with Gasteiger partial charge in [0, 0.05) is 0 Å². The van der Waals surface area contributed by atoms with E-state index in [-0.39, 0.29) is 85.0 Å². The van der Waals surface area contributed by atoms with Crippen LogP contribution in [-0.4, -0.2) is 38.9 Å². The number of benzene rings is 3. The Labute approximate surface area is 247 Å². The van der Waals surface area contributed by atoms with Crippen molar-refractivity contribution in [1.82, 2.24) is 0 Å². The van der Waals surface area contributed by atoms with Crippen LogP contribution < -0.4 is 84.8 Å². The molecule has 0 unspecified atom stereocenters. The molecule has 3 aromatic carbocycles. The first-order chi connectivity index (χ1) is 14.3. The van der Waals surface area contributed by atoms with Crippen molar-refractivity contribution in [2.45, 2.75) is 14.7 Å². The van der Waals surface area contributed by atoms with E-state index in [1.165, 1.54) is 72.8 Å². The summed E-state index contributed by atoms with van der Waals surface area (Å²) in [6, 6.07) is 16.1. The zero-order valence-corrected chi connectivity index (χ0v) is 26.0. The van der Waals surface area contributed by atoms with E-state index in [0.717, 1.165) is 0 Å². The van der Waals surface area contributed by atoms with Gasteiger partial charge < -0.3 is 1.43 Å². The third-order valence-electron chi connectivity index (χ3n) is 4.18. The Kier molecular flexibility index (Phi) is 9.35. The van der Waals surface area contributed by atoms with Crippen LogP contribution in [0.1, 0.15) is 1.43 Å². The summed E-state index contributed by atoms with van der Waals surface area (Å²) in [4.78, 5) is -0.932. The minimum Gasteiger partial charge on any atom is -1.00 e. The largest absolute Gasteiger partial charge is 1.00 e. The van der Waals surface area contributed by atoms with Crippen molar-refractivity contribution in [3.8, 4) is 0 Å². The second-order valence-corrected chi connectivity index (χ2v) is 12.7. The number of rotatable bonds is 6. The molecule has 0 saturated carbocycles. The predicted octanol–water partition coefficient (Wildman–Crippen LogP) is -1.70. The predicted molar refractivity (Wildman–Crippen MR) is 116 cm³/mol. The molecule has 3 N–H and O–H groups in total. The van der Waals surface area contributed by atoms with Crippen molar-refractivity contribution in [1.29, 1.82) is 0 Å². The Morgan fingerprint density at radius 1 is 0.469 bits per heavy atom. The number of hydrogen-bond donors (Lipinski definition) is 3. The van der Waals surface area contributed by atoms with Crippen LogP contribution in [0.2, 0.25) is 0 Å². The van der Waals surface area contributed by atoms with Gasteiger partial charge >= 0.3 is 68.9 Å². The molecule has 0 bridgehead atoms. The first-order valence-corrected chi connectivity index (χ1v) is 14.0. The Bertz CT molecular complexity index is 1250. The summed E-state index contributed by atoms with van der Waals surface area (Å²) in [5.74, 6) is 0. The molecular weight excluding hydrogens is 620 g/mol. The van der Waals surface area contributed by atoms with E-state index in [2.05, 4.69) is 0 Å². The molecule has 0 heterocycles. The first-order valence-electron chi connectivity index (χ1n) is 8.30. The van der Waals surface area contributed by atoms with E-state index in [4.69, 9.17) is 0 Å². The third-order valence-corrected chi connectivity index (χ3v) is 9.23. The standard InChI is InChI=1S/C18H15O9PS3.Cs.H/c19-29(20,21)16-7-1-13(2-8-16)28(14-3-9-17(10-4-14)30(22,23)24)15-5-11-18(12-6-15)31(25,26)27;;/h1-12H,(H,19,20,21)(H,22,23,24)(H,25,26,27);;/q;+1;-1. The van der Waals surface area contributed by atoms with E-state index < -0.39 is 38.3 Å². The topological polar surface area (TPSA) is 163 Å². The van der Waals surface area contributed by atoms with E-state index in [1.807, 2.05) is 0 Å². The molecule has 0 amide bonds.